The van der Waals surface area contributed by atoms with Gasteiger partial charge >= 0.3 is 5.97 Å². The number of aromatic nitrogens is 1. The van der Waals surface area contributed by atoms with Crippen LogP contribution in [0.4, 0.5) is 0 Å². The predicted octanol–water partition coefficient (Wildman–Crippen LogP) is 4.69. The number of carbonyl (C=O) groups is 2. The number of nitrogens with zero attached hydrogens (tertiary/aromatic N) is 2. The summed E-state index contributed by atoms with van der Waals surface area (Å²) in [4.78, 5) is 27.1. The van der Waals surface area contributed by atoms with Crippen LogP contribution in [0.5, 0.6) is 0 Å². The zero-order valence-electron chi connectivity index (χ0n) is 17.4. The van der Waals surface area contributed by atoms with E-state index in [1.54, 1.807) is 30.0 Å². The van der Waals surface area contributed by atoms with Crippen LogP contribution in [0.1, 0.15) is 45.0 Å². The number of hydrogen-bond acceptors (Lipinski definition) is 5. The zero-order valence-corrected chi connectivity index (χ0v) is 17.4. The van der Waals surface area contributed by atoms with Gasteiger partial charge in [-0.25, -0.2) is 4.79 Å². The van der Waals surface area contributed by atoms with Gasteiger partial charge in [-0.1, -0.05) is 35.5 Å². The van der Waals surface area contributed by atoms with Crippen LogP contribution in [0.25, 0.3) is 22.2 Å². The predicted molar refractivity (Wildman–Crippen MR) is 111 cm³/mol. The van der Waals surface area contributed by atoms with E-state index < -0.39 is 12.1 Å². The van der Waals surface area contributed by atoms with Crippen LogP contribution in [0.2, 0.25) is 0 Å². The van der Waals surface area contributed by atoms with E-state index in [1.807, 2.05) is 58.0 Å². The van der Waals surface area contributed by atoms with Gasteiger partial charge in [-0.2, -0.15) is 0 Å². The molecule has 0 bridgehead atoms. The first kappa shape index (κ1) is 20.6. The summed E-state index contributed by atoms with van der Waals surface area (Å²) >= 11 is 0. The highest BCUT2D eigenvalue weighted by atomic mass is 16.5. The molecule has 3 aromatic rings. The molecule has 0 fully saturated rings. The summed E-state index contributed by atoms with van der Waals surface area (Å²) in [5.41, 5.74) is 1.86. The SMILES string of the molecule is CC(OC(=O)c1ccc2noc(-c3ccccc3)c2c1)C(=O)N(C(C)C)C(C)C. The summed E-state index contributed by atoms with van der Waals surface area (Å²) in [5.74, 6) is -0.176. The van der Waals surface area contributed by atoms with E-state index in [9.17, 15) is 9.59 Å². The van der Waals surface area contributed by atoms with Crippen LogP contribution >= 0.6 is 0 Å². The van der Waals surface area contributed by atoms with Gasteiger partial charge in [0, 0.05) is 17.6 Å². The quantitative estimate of drug-likeness (QED) is 0.567. The minimum atomic E-state index is -0.876. The van der Waals surface area contributed by atoms with Crippen molar-refractivity contribution in [3.63, 3.8) is 0 Å². The van der Waals surface area contributed by atoms with Crippen molar-refractivity contribution in [2.75, 3.05) is 0 Å². The minimum Gasteiger partial charge on any atom is -0.449 e. The second-order valence-electron chi connectivity index (χ2n) is 7.59. The first-order valence-electron chi connectivity index (χ1n) is 9.77. The first-order valence-corrected chi connectivity index (χ1v) is 9.77. The molecule has 2 aromatic carbocycles. The number of ether oxygens (including phenoxy) is 1. The molecule has 1 atom stereocenters. The summed E-state index contributed by atoms with van der Waals surface area (Å²) in [7, 11) is 0. The average Bonchev–Trinajstić information content (AvgIpc) is 3.11. The number of esters is 1. The highest BCUT2D eigenvalue weighted by Gasteiger charge is 2.28. The molecule has 1 amide bonds. The number of hydrogen-bond donors (Lipinski definition) is 0. The zero-order chi connectivity index (χ0) is 21.1. The maximum absolute atomic E-state index is 12.7. The second-order valence-corrected chi connectivity index (χ2v) is 7.59. The molecule has 3 rings (SSSR count). The summed E-state index contributed by atoms with van der Waals surface area (Å²) in [6, 6.07) is 14.6. The lowest BCUT2D eigenvalue weighted by Gasteiger charge is -2.32. The van der Waals surface area contributed by atoms with E-state index in [0.29, 0.717) is 16.8 Å². The number of rotatable bonds is 6. The summed E-state index contributed by atoms with van der Waals surface area (Å²) in [5, 5.41) is 4.78. The Morgan fingerprint density at radius 2 is 1.62 bits per heavy atom. The maximum atomic E-state index is 12.7. The fourth-order valence-electron chi connectivity index (χ4n) is 3.46. The molecule has 0 spiro atoms. The molecule has 0 saturated carbocycles. The van der Waals surface area contributed by atoms with Gasteiger partial charge in [0.2, 0.25) is 0 Å². The molecule has 0 N–H and O–H groups in total. The Bertz CT molecular complexity index is 1000. The molecule has 1 aromatic heterocycles. The van der Waals surface area contributed by atoms with E-state index in [0.717, 1.165) is 10.9 Å². The van der Waals surface area contributed by atoms with Crippen molar-refractivity contribution >= 4 is 22.8 Å². The number of carbonyl (C=O) groups excluding carboxylic acids is 2. The molecule has 1 heterocycles. The molecule has 152 valence electrons. The second kappa shape index (κ2) is 8.47. The summed E-state index contributed by atoms with van der Waals surface area (Å²) < 4.78 is 10.9. The smallest absolute Gasteiger partial charge is 0.338 e. The Labute approximate surface area is 170 Å². The molecule has 0 saturated heterocycles. The monoisotopic (exact) mass is 394 g/mol. The van der Waals surface area contributed by atoms with Gasteiger partial charge in [0.25, 0.3) is 5.91 Å². The number of fused-ring (bicyclic) bond motifs is 1. The lowest BCUT2D eigenvalue weighted by atomic mass is 10.1. The van der Waals surface area contributed by atoms with Gasteiger partial charge in [0.15, 0.2) is 11.9 Å². The fraction of sp³-hybridized carbons (Fsp3) is 0.348. The van der Waals surface area contributed by atoms with Gasteiger partial charge in [-0.15, -0.1) is 0 Å². The average molecular weight is 394 g/mol. The Morgan fingerprint density at radius 1 is 0.966 bits per heavy atom. The largest absolute Gasteiger partial charge is 0.449 e. The lowest BCUT2D eigenvalue weighted by molar-refractivity contribution is -0.143. The van der Waals surface area contributed by atoms with Crippen molar-refractivity contribution in [3.8, 4) is 11.3 Å². The van der Waals surface area contributed by atoms with Crippen LogP contribution in [0.3, 0.4) is 0 Å². The van der Waals surface area contributed by atoms with E-state index in [2.05, 4.69) is 5.16 Å². The van der Waals surface area contributed by atoms with Gasteiger partial charge in [-0.3, -0.25) is 4.79 Å². The van der Waals surface area contributed by atoms with Crippen LogP contribution in [-0.4, -0.2) is 40.1 Å². The van der Waals surface area contributed by atoms with E-state index in [1.165, 1.54) is 0 Å². The summed E-state index contributed by atoms with van der Waals surface area (Å²) in [6.07, 6.45) is -0.876. The van der Waals surface area contributed by atoms with Crippen molar-refractivity contribution in [3.05, 3.63) is 54.1 Å². The van der Waals surface area contributed by atoms with Crippen molar-refractivity contribution in [1.82, 2.24) is 10.1 Å². The van der Waals surface area contributed by atoms with Crippen molar-refractivity contribution < 1.29 is 18.8 Å². The lowest BCUT2D eigenvalue weighted by Crippen LogP contribution is -2.47. The van der Waals surface area contributed by atoms with E-state index >= 15 is 0 Å². The molecule has 0 aliphatic rings. The van der Waals surface area contributed by atoms with Gasteiger partial charge in [0.05, 0.1) is 10.9 Å². The maximum Gasteiger partial charge on any atom is 0.338 e. The fourth-order valence-corrected chi connectivity index (χ4v) is 3.46. The third-order valence-corrected chi connectivity index (χ3v) is 4.75. The molecule has 0 radical (unpaired) electrons. The third-order valence-electron chi connectivity index (χ3n) is 4.75. The van der Waals surface area contributed by atoms with Crippen LogP contribution < -0.4 is 0 Å². The molecule has 6 nitrogen and oxygen atoms in total. The Balaban J connectivity index is 1.83. The Kier molecular flexibility index (Phi) is 6.01. The van der Waals surface area contributed by atoms with Crippen LogP contribution in [-0.2, 0) is 9.53 Å². The van der Waals surface area contributed by atoms with E-state index in [-0.39, 0.29) is 18.0 Å². The molecule has 1 unspecified atom stereocenters. The normalized spacial score (nSPS) is 12.4. The van der Waals surface area contributed by atoms with Crippen LogP contribution in [0.15, 0.2) is 53.1 Å². The van der Waals surface area contributed by atoms with Crippen LogP contribution in [0, 0.1) is 0 Å². The molecular formula is C23H26N2O4. The van der Waals surface area contributed by atoms with Crippen molar-refractivity contribution in [2.24, 2.45) is 0 Å². The Morgan fingerprint density at radius 3 is 2.24 bits per heavy atom. The molecule has 0 aliphatic heterocycles. The minimum absolute atomic E-state index is 0.0189. The third kappa shape index (κ3) is 4.31. The Hall–Kier alpha value is -3.15. The van der Waals surface area contributed by atoms with Crippen molar-refractivity contribution in [2.45, 2.75) is 52.8 Å². The summed E-state index contributed by atoms with van der Waals surface area (Å²) in [6.45, 7) is 9.37. The first-order chi connectivity index (χ1) is 13.8. The van der Waals surface area contributed by atoms with E-state index in [4.69, 9.17) is 9.26 Å². The topological polar surface area (TPSA) is 72.6 Å². The van der Waals surface area contributed by atoms with Gasteiger partial charge < -0.3 is 14.2 Å². The van der Waals surface area contributed by atoms with Gasteiger partial charge in [0.1, 0.15) is 5.52 Å². The molecule has 6 heteroatoms. The number of amides is 1. The van der Waals surface area contributed by atoms with Crippen molar-refractivity contribution in [1.29, 1.82) is 0 Å². The highest BCUT2D eigenvalue weighted by molar-refractivity contribution is 5.99. The molecule has 0 aliphatic carbocycles. The molecule has 29 heavy (non-hydrogen) atoms. The molecular weight excluding hydrogens is 368 g/mol. The highest BCUT2D eigenvalue weighted by Crippen LogP contribution is 2.29. The van der Waals surface area contributed by atoms with Gasteiger partial charge in [-0.05, 0) is 52.8 Å². The number of benzene rings is 2. The standard InChI is InChI=1S/C23H26N2O4/c1-14(2)25(15(3)4)22(26)16(5)28-23(27)18-11-12-20-19(13-18)21(29-24-20)17-9-7-6-8-10-17/h6-16H,1-5H3.